The number of rotatable bonds is 4. The van der Waals surface area contributed by atoms with Gasteiger partial charge in [0.25, 0.3) is 0 Å². The largest absolute Gasteiger partial charge is 0.399 e. The maximum absolute atomic E-state index is 12.3. The standard InChI is InChI=1S/C17H26N2O/c1-3-17(4-2)9-11-19(12-10-17)16(20)13-14-5-7-15(18)8-6-14/h5-8H,3-4,9-13,18H2,1-2H3. The summed E-state index contributed by atoms with van der Waals surface area (Å²) < 4.78 is 0. The highest BCUT2D eigenvalue weighted by Gasteiger charge is 2.32. The van der Waals surface area contributed by atoms with E-state index in [0.29, 0.717) is 11.8 Å². The first-order valence-electron chi connectivity index (χ1n) is 7.71. The van der Waals surface area contributed by atoms with Crippen molar-refractivity contribution in [3.05, 3.63) is 29.8 Å². The van der Waals surface area contributed by atoms with E-state index in [2.05, 4.69) is 13.8 Å². The van der Waals surface area contributed by atoms with Crippen molar-refractivity contribution in [3.8, 4) is 0 Å². The van der Waals surface area contributed by atoms with E-state index in [-0.39, 0.29) is 5.91 Å². The van der Waals surface area contributed by atoms with Crippen molar-refractivity contribution in [2.75, 3.05) is 18.8 Å². The van der Waals surface area contributed by atoms with Crippen LogP contribution in [0.1, 0.15) is 45.1 Å². The third-order valence-corrected chi connectivity index (χ3v) is 5.01. The summed E-state index contributed by atoms with van der Waals surface area (Å²) in [6.45, 7) is 6.37. The molecular formula is C17H26N2O. The van der Waals surface area contributed by atoms with E-state index in [9.17, 15) is 4.79 Å². The average molecular weight is 274 g/mol. The Kier molecular flexibility index (Phi) is 4.69. The van der Waals surface area contributed by atoms with Gasteiger partial charge >= 0.3 is 0 Å². The van der Waals surface area contributed by atoms with E-state index in [1.807, 2.05) is 29.2 Å². The number of likely N-dealkylation sites (tertiary alicyclic amines) is 1. The highest BCUT2D eigenvalue weighted by molar-refractivity contribution is 5.79. The van der Waals surface area contributed by atoms with Crippen LogP contribution in [0.2, 0.25) is 0 Å². The molecule has 0 aliphatic carbocycles. The molecule has 1 amide bonds. The van der Waals surface area contributed by atoms with Crippen molar-refractivity contribution in [1.29, 1.82) is 0 Å². The lowest BCUT2D eigenvalue weighted by Gasteiger charge is -2.41. The van der Waals surface area contributed by atoms with Crippen molar-refractivity contribution in [2.24, 2.45) is 5.41 Å². The van der Waals surface area contributed by atoms with Crippen LogP contribution < -0.4 is 5.73 Å². The predicted octanol–water partition coefficient (Wildman–Crippen LogP) is 3.24. The van der Waals surface area contributed by atoms with Gasteiger partial charge in [-0.25, -0.2) is 0 Å². The number of carbonyl (C=O) groups is 1. The molecule has 20 heavy (non-hydrogen) atoms. The number of anilines is 1. The number of benzene rings is 1. The molecule has 3 nitrogen and oxygen atoms in total. The minimum atomic E-state index is 0.246. The van der Waals surface area contributed by atoms with Crippen molar-refractivity contribution in [3.63, 3.8) is 0 Å². The SMILES string of the molecule is CCC1(CC)CCN(C(=O)Cc2ccc(N)cc2)CC1. The summed E-state index contributed by atoms with van der Waals surface area (Å²) in [6.07, 6.45) is 5.24. The molecule has 1 fully saturated rings. The van der Waals surface area contributed by atoms with Gasteiger partial charge in [-0.1, -0.05) is 38.8 Å². The molecule has 0 aromatic heterocycles. The van der Waals surface area contributed by atoms with Crippen LogP contribution in [0.15, 0.2) is 24.3 Å². The molecule has 1 aromatic carbocycles. The number of carbonyl (C=O) groups excluding carboxylic acids is 1. The molecule has 0 bridgehead atoms. The van der Waals surface area contributed by atoms with E-state index in [0.717, 1.165) is 37.2 Å². The maximum atomic E-state index is 12.3. The highest BCUT2D eigenvalue weighted by atomic mass is 16.2. The Morgan fingerprint density at radius 1 is 1.15 bits per heavy atom. The number of hydrogen-bond acceptors (Lipinski definition) is 2. The normalized spacial score (nSPS) is 18.0. The van der Waals surface area contributed by atoms with Crippen molar-refractivity contribution in [1.82, 2.24) is 4.90 Å². The van der Waals surface area contributed by atoms with Crippen LogP contribution in [0.5, 0.6) is 0 Å². The third kappa shape index (κ3) is 3.33. The van der Waals surface area contributed by atoms with Crippen LogP contribution in [-0.2, 0) is 11.2 Å². The Labute approximate surface area is 122 Å². The third-order valence-electron chi connectivity index (χ3n) is 5.01. The van der Waals surface area contributed by atoms with Crippen LogP contribution >= 0.6 is 0 Å². The summed E-state index contributed by atoms with van der Waals surface area (Å²) >= 11 is 0. The first kappa shape index (κ1) is 14.9. The molecule has 2 N–H and O–H groups in total. The molecule has 0 unspecified atom stereocenters. The molecule has 1 saturated heterocycles. The second kappa shape index (κ2) is 6.29. The summed E-state index contributed by atoms with van der Waals surface area (Å²) in [5, 5.41) is 0. The monoisotopic (exact) mass is 274 g/mol. The maximum Gasteiger partial charge on any atom is 0.226 e. The van der Waals surface area contributed by atoms with Gasteiger partial charge in [0, 0.05) is 18.8 Å². The fraction of sp³-hybridized carbons (Fsp3) is 0.588. The Hall–Kier alpha value is -1.51. The van der Waals surface area contributed by atoms with E-state index in [4.69, 9.17) is 5.73 Å². The Morgan fingerprint density at radius 3 is 2.20 bits per heavy atom. The van der Waals surface area contributed by atoms with Crippen LogP contribution in [-0.4, -0.2) is 23.9 Å². The quantitative estimate of drug-likeness (QED) is 0.857. The lowest BCUT2D eigenvalue weighted by molar-refractivity contribution is -0.132. The first-order valence-corrected chi connectivity index (χ1v) is 7.71. The number of hydrogen-bond donors (Lipinski definition) is 1. The van der Waals surface area contributed by atoms with Crippen LogP contribution in [0.4, 0.5) is 5.69 Å². The smallest absolute Gasteiger partial charge is 0.226 e. The van der Waals surface area contributed by atoms with Gasteiger partial charge in [-0.2, -0.15) is 0 Å². The lowest BCUT2D eigenvalue weighted by Crippen LogP contribution is -2.43. The number of nitrogens with two attached hydrogens (primary N) is 1. The average Bonchev–Trinajstić information content (AvgIpc) is 2.49. The molecule has 110 valence electrons. The zero-order valence-corrected chi connectivity index (χ0v) is 12.7. The Morgan fingerprint density at radius 2 is 1.70 bits per heavy atom. The van der Waals surface area contributed by atoms with Crippen LogP contribution in [0, 0.1) is 5.41 Å². The van der Waals surface area contributed by atoms with Crippen LogP contribution in [0.25, 0.3) is 0 Å². The number of piperidine rings is 1. The fourth-order valence-electron chi connectivity index (χ4n) is 3.11. The van der Waals surface area contributed by atoms with Gasteiger partial charge < -0.3 is 10.6 Å². The molecule has 0 atom stereocenters. The summed E-state index contributed by atoms with van der Waals surface area (Å²) in [6, 6.07) is 7.61. The molecule has 2 rings (SSSR count). The first-order chi connectivity index (χ1) is 9.58. The molecule has 1 aliphatic heterocycles. The van der Waals surface area contributed by atoms with Crippen molar-refractivity contribution in [2.45, 2.75) is 46.0 Å². The molecule has 1 heterocycles. The van der Waals surface area contributed by atoms with Crippen molar-refractivity contribution < 1.29 is 4.79 Å². The van der Waals surface area contributed by atoms with Gasteiger partial charge in [0.1, 0.15) is 0 Å². The summed E-state index contributed by atoms with van der Waals surface area (Å²) in [5.41, 5.74) is 7.93. The van der Waals surface area contributed by atoms with Gasteiger partial charge in [-0.05, 0) is 36.0 Å². The number of nitrogens with zero attached hydrogens (tertiary/aromatic N) is 1. The summed E-state index contributed by atoms with van der Waals surface area (Å²) in [5.74, 6) is 0.246. The second-order valence-corrected chi connectivity index (χ2v) is 6.01. The molecular weight excluding hydrogens is 248 g/mol. The molecule has 1 aromatic rings. The molecule has 0 radical (unpaired) electrons. The van der Waals surface area contributed by atoms with E-state index in [1.165, 1.54) is 12.8 Å². The number of amides is 1. The summed E-state index contributed by atoms with van der Waals surface area (Å²) in [4.78, 5) is 14.4. The number of nitrogen functional groups attached to an aromatic ring is 1. The van der Waals surface area contributed by atoms with Crippen LogP contribution in [0.3, 0.4) is 0 Å². The molecule has 0 saturated carbocycles. The van der Waals surface area contributed by atoms with E-state index < -0.39 is 0 Å². The zero-order valence-electron chi connectivity index (χ0n) is 12.7. The fourth-order valence-corrected chi connectivity index (χ4v) is 3.11. The van der Waals surface area contributed by atoms with E-state index >= 15 is 0 Å². The highest BCUT2D eigenvalue weighted by Crippen LogP contribution is 2.37. The Balaban J connectivity index is 1.90. The zero-order chi connectivity index (χ0) is 14.6. The summed E-state index contributed by atoms with van der Waals surface area (Å²) in [7, 11) is 0. The van der Waals surface area contributed by atoms with Gasteiger partial charge in [0.2, 0.25) is 5.91 Å². The molecule has 1 aliphatic rings. The van der Waals surface area contributed by atoms with Gasteiger partial charge in [0.05, 0.1) is 6.42 Å². The second-order valence-electron chi connectivity index (χ2n) is 6.01. The minimum absolute atomic E-state index is 0.246. The van der Waals surface area contributed by atoms with Gasteiger partial charge in [0.15, 0.2) is 0 Å². The lowest BCUT2D eigenvalue weighted by atomic mass is 9.74. The van der Waals surface area contributed by atoms with Gasteiger partial charge in [-0.15, -0.1) is 0 Å². The minimum Gasteiger partial charge on any atom is -0.399 e. The predicted molar refractivity (Wildman–Crippen MR) is 83.4 cm³/mol. The topological polar surface area (TPSA) is 46.3 Å². The molecule has 0 spiro atoms. The van der Waals surface area contributed by atoms with Gasteiger partial charge in [-0.3, -0.25) is 4.79 Å². The Bertz CT molecular complexity index is 439. The van der Waals surface area contributed by atoms with Crippen molar-refractivity contribution >= 4 is 11.6 Å². The molecule has 3 heteroatoms. The van der Waals surface area contributed by atoms with E-state index in [1.54, 1.807) is 0 Å².